The maximum Gasteiger partial charge on any atom is 0.253 e. The van der Waals surface area contributed by atoms with E-state index in [4.69, 9.17) is 31.8 Å². The lowest BCUT2D eigenvalue weighted by Crippen LogP contribution is -2.58. The van der Waals surface area contributed by atoms with Crippen molar-refractivity contribution < 1.29 is 38.1 Å². The molecule has 0 saturated heterocycles. The van der Waals surface area contributed by atoms with E-state index in [0.717, 1.165) is 4.90 Å². The normalized spacial score (nSPS) is 13.9. The van der Waals surface area contributed by atoms with Crippen molar-refractivity contribution in [2.45, 2.75) is 39.2 Å². The molecule has 1 unspecified atom stereocenters. The van der Waals surface area contributed by atoms with Crippen molar-refractivity contribution in [2.75, 3.05) is 65.9 Å². The Kier molecular flexibility index (Phi) is 16.3. The standard InChI is InChI=1S/C30H43N3O8/c1-7-14-38-21-30(22-39-15-8-2,23-40-16-9-3)32-26(35)17-24(4)18-41-20-29(5,6)19-31-25(34)12-13-33-27(36)10-11-28(33)37/h1-2,9-11,24H,3,12-23H2,4-6H3,(H,31,34)(H,32,35). The van der Waals surface area contributed by atoms with Crippen LogP contribution >= 0.6 is 0 Å². The van der Waals surface area contributed by atoms with Gasteiger partial charge in [0, 0.05) is 50.1 Å². The molecular formula is C30H43N3O8. The average Bonchev–Trinajstić information content (AvgIpc) is 3.23. The predicted molar refractivity (Wildman–Crippen MR) is 153 cm³/mol. The van der Waals surface area contributed by atoms with Gasteiger partial charge in [0.2, 0.25) is 11.8 Å². The smallest absolute Gasteiger partial charge is 0.253 e. The van der Waals surface area contributed by atoms with Crippen LogP contribution in [0, 0.1) is 36.0 Å². The molecule has 0 saturated carbocycles. The van der Waals surface area contributed by atoms with Gasteiger partial charge in [0.15, 0.2) is 0 Å². The fourth-order valence-corrected chi connectivity index (χ4v) is 3.78. The highest BCUT2D eigenvalue weighted by Gasteiger charge is 2.34. The van der Waals surface area contributed by atoms with Crippen molar-refractivity contribution in [3.63, 3.8) is 0 Å². The predicted octanol–water partition coefficient (Wildman–Crippen LogP) is 0.844. The zero-order chi connectivity index (χ0) is 30.7. The third-order valence-corrected chi connectivity index (χ3v) is 5.80. The van der Waals surface area contributed by atoms with Gasteiger partial charge in [-0.3, -0.25) is 24.1 Å². The van der Waals surface area contributed by atoms with E-state index in [2.05, 4.69) is 29.1 Å². The van der Waals surface area contributed by atoms with Crippen LogP contribution in [0.4, 0.5) is 0 Å². The van der Waals surface area contributed by atoms with Crippen molar-refractivity contribution in [1.29, 1.82) is 0 Å². The minimum Gasteiger partial charge on any atom is -0.381 e. The number of hydrogen-bond donors (Lipinski definition) is 2. The van der Waals surface area contributed by atoms with Crippen LogP contribution in [0.15, 0.2) is 24.8 Å². The Hall–Kier alpha value is -3.48. The first kappa shape index (κ1) is 35.5. The van der Waals surface area contributed by atoms with Gasteiger partial charge in [0.25, 0.3) is 11.8 Å². The molecule has 11 nitrogen and oxygen atoms in total. The van der Waals surface area contributed by atoms with Gasteiger partial charge in [-0.1, -0.05) is 38.7 Å². The molecular weight excluding hydrogens is 530 g/mol. The Bertz CT molecular complexity index is 970. The second kappa shape index (κ2) is 18.8. The van der Waals surface area contributed by atoms with E-state index in [-0.39, 0.29) is 76.8 Å². The second-order valence-corrected chi connectivity index (χ2v) is 10.7. The van der Waals surface area contributed by atoms with Crippen LogP contribution in [0.25, 0.3) is 0 Å². The third kappa shape index (κ3) is 14.6. The summed E-state index contributed by atoms with van der Waals surface area (Å²) in [4.78, 5) is 49.4. The van der Waals surface area contributed by atoms with Crippen LogP contribution in [-0.2, 0) is 38.1 Å². The van der Waals surface area contributed by atoms with E-state index < -0.39 is 22.8 Å². The van der Waals surface area contributed by atoms with Gasteiger partial charge in [0.05, 0.1) is 33.0 Å². The summed E-state index contributed by atoms with van der Waals surface area (Å²) in [6, 6.07) is 0. The van der Waals surface area contributed by atoms with Crippen LogP contribution in [0.2, 0.25) is 0 Å². The van der Waals surface area contributed by atoms with Crippen molar-refractivity contribution in [3.05, 3.63) is 24.8 Å². The van der Waals surface area contributed by atoms with Crippen LogP contribution in [0.5, 0.6) is 0 Å². The van der Waals surface area contributed by atoms with E-state index in [0.29, 0.717) is 19.8 Å². The number of rotatable bonds is 22. The molecule has 1 rings (SSSR count). The molecule has 2 N–H and O–H groups in total. The molecule has 0 aromatic heterocycles. The minimum atomic E-state index is -1.000. The lowest BCUT2D eigenvalue weighted by Gasteiger charge is -2.34. The van der Waals surface area contributed by atoms with Crippen molar-refractivity contribution in [3.8, 4) is 24.7 Å². The van der Waals surface area contributed by atoms with Crippen molar-refractivity contribution >= 4 is 23.6 Å². The Labute approximate surface area is 243 Å². The molecule has 0 aliphatic carbocycles. The highest BCUT2D eigenvalue weighted by Crippen LogP contribution is 2.16. The highest BCUT2D eigenvalue weighted by atomic mass is 16.5. The molecule has 0 radical (unpaired) electrons. The monoisotopic (exact) mass is 573 g/mol. The van der Waals surface area contributed by atoms with Gasteiger partial charge in [0.1, 0.15) is 18.8 Å². The zero-order valence-corrected chi connectivity index (χ0v) is 24.4. The maximum atomic E-state index is 13.0. The summed E-state index contributed by atoms with van der Waals surface area (Å²) < 4.78 is 22.5. The Morgan fingerprint density at radius 3 is 2.15 bits per heavy atom. The molecule has 11 heteroatoms. The van der Waals surface area contributed by atoms with Gasteiger partial charge in [-0.2, -0.15) is 0 Å². The summed E-state index contributed by atoms with van der Waals surface area (Å²) >= 11 is 0. The summed E-state index contributed by atoms with van der Waals surface area (Å²) in [6.07, 6.45) is 14.8. The molecule has 1 aliphatic rings. The van der Waals surface area contributed by atoms with Gasteiger partial charge in [-0.05, 0) is 5.92 Å². The van der Waals surface area contributed by atoms with E-state index in [1.54, 1.807) is 6.08 Å². The largest absolute Gasteiger partial charge is 0.381 e. The average molecular weight is 574 g/mol. The first-order valence-corrected chi connectivity index (χ1v) is 13.4. The lowest BCUT2D eigenvalue weighted by molar-refractivity contribution is -0.137. The fourth-order valence-electron chi connectivity index (χ4n) is 3.78. The van der Waals surface area contributed by atoms with E-state index in [1.807, 2.05) is 20.8 Å². The molecule has 1 atom stereocenters. The number of terminal acetylenes is 2. The molecule has 0 aromatic rings. The summed E-state index contributed by atoms with van der Waals surface area (Å²) in [5, 5.41) is 5.79. The van der Waals surface area contributed by atoms with Gasteiger partial charge < -0.3 is 29.6 Å². The molecule has 0 fully saturated rings. The first-order valence-electron chi connectivity index (χ1n) is 13.4. The number of hydrogen-bond acceptors (Lipinski definition) is 8. The molecule has 0 aromatic carbocycles. The first-order chi connectivity index (χ1) is 19.5. The maximum absolute atomic E-state index is 13.0. The molecule has 4 amide bonds. The number of amides is 4. The summed E-state index contributed by atoms with van der Waals surface area (Å²) in [5.41, 5.74) is -1.39. The SMILES string of the molecule is C#CCOCC(COCC#C)(COCC=C)NC(=O)CC(C)COCC(C)(C)CNC(=O)CCN1C(=O)C=CC1=O. The van der Waals surface area contributed by atoms with E-state index >= 15 is 0 Å². The van der Waals surface area contributed by atoms with Gasteiger partial charge in [-0.15, -0.1) is 19.4 Å². The van der Waals surface area contributed by atoms with E-state index in [9.17, 15) is 19.2 Å². The number of nitrogens with one attached hydrogen (secondary N) is 2. The topological polar surface area (TPSA) is 132 Å². The van der Waals surface area contributed by atoms with Crippen LogP contribution in [0.1, 0.15) is 33.6 Å². The molecule has 0 spiro atoms. The fraction of sp³-hybridized carbons (Fsp3) is 0.600. The van der Waals surface area contributed by atoms with Gasteiger partial charge in [-0.25, -0.2) is 0 Å². The van der Waals surface area contributed by atoms with E-state index in [1.165, 1.54) is 12.2 Å². The number of carbonyl (C=O) groups is 4. The zero-order valence-electron chi connectivity index (χ0n) is 24.4. The lowest BCUT2D eigenvalue weighted by atomic mass is 9.94. The van der Waals surface area contributed by atoms with Crippen molar-refractivity contribution in [1.82, 2.24) is 15.5 Å². The molecule has 226 valence electrons. The Balaban J connectivity index is 2.52. The molecule has 41 heavy (non-hydrogen) atoms. The van der Waals surface area contributed by atoms with Gasteiger partial charge >= 0.3 is 0 Å². The Morgan fingerprint density at radius 2 is 1.59 bits per heavy atom. The molecule has 1 heterocycles. The number of imide groups is 1. The summed E-state index contributed by atoms with van der Waals surface area (Å²) in [6.45, 7) is 11.1. The Morgan fingerprint density at radius 1 is 1.00 bits per heavy atom. The highest BCUT2D eigenvalue weighted by molar-refractivity contribution is 6.13. The second-order valence-electron chi connectivity index (χ2n) is 10.7. The number of carbonyl (C=O) groups excluding carboxylic acids is 4. The minimum absolute atomic E-state index is 0.0178. The molecule has 1 aliphatic heterocycles. The number of ether oxygens (including phenoxy) is 4. The summed E-state index contributed by atoms with van der Waals surface area (Å²) in [5.74, 6) is 3.34. The molecule has 0 bridgehead atoms. The van der Waals surface area contributed by atoms with Crippen LogP contribution < -0.4 is 10.6 Å². The van der Waals surface area contributed by atoms with Crippen LogP contribution in [-0.4, -0.2) is 100 Å². The quantitative estimate of drug-likeness (QED) is 0.0843. The van der Waals surface area contributed by atoms with Crippen molar-refractivity contribution in [2.24, 2.45) is 11.3 Å². The summed E-state index contributed by atoms with van der Waals surface area (Å²) in [7, 11) is 0. The van der Waals surface area contributed by atoms with Crippen LogP contribution in [0.3, 0.4) is 0 Å². The third-order valence-electron chi connectivity index (χ3n) is 5.80. The number of nitrogens with zero attached hydrogens (tertiary/aromatic N) is 1.